The molecule has 0 saturated heterocycles. The van der Waals surface area contributed by atoms with Crippen LogP contribution in [-0.2, 0) is 0 Å². The first-order valence-corrected chi connectivity index (χ1v) is 6.36. The lowest BCUT2D eigenvalue weighted by Gasteiger charge is -2.06. The Kier molecular flexibility index (Phi) is 4.83. The average Bonchev–Trinajstić information content (AvgIpc) is 2.28. The summed E-state index contributed by atoms with van der Waals surface area (Å²) in [6, 6.07) is 4.49. The van der Waals surface area contributed by atoms with Gasteiger partial charge in [-0.15, -0.1) is 23.4 Å². The SMILES string of the molecule is CSc1cc(C(=O)O)ccc1C(=O)CCCl. The molecule has 1 rings (SSSR count). The molecule has 0 radical (unpaired) electrons. The zero-order chi connectivity index (χ0) is 12.1. The second kappa shape index (κ2) is 5.92. The average molecular weight is 259 g/mol. The molecule has 0 fully saturated rings. The van der Waals surface area contributed by atoms with Crippen molar-refractivity contribution in [1.82, 2.24) is 0 Å². The maximum Gasteiger partial charge on any atom is 0.335 e. The van der Waals surface area contributed by atoms with E-state index < -0.39 is 5.97 Å². The van der Waals surface area contributed by atoms with Crippen LogP contribution in [-0.4, -0.2) is 29.0 Å². The minimum atomic E-state index is -0.994. The van der Waals surface area contributed by atoms with Crippen LogP contribution in [0.2, 0.25) is 0 Å². The lowest BCUT2D eigenvalue weighted by atomic mass is 10.1. The van der Waals surface area contributed by atoms with Gasteiger partial charge in [0.1, 0.15) is 0 Å². The summed E-state index contributed by atoms with van der Waals surface area (Å²) in [6.45, 7) is 0. The minimum Gasteiger partial charge on any atom is -0.478 e. The highest BCUT2D eigenvalue weighted by Gasteiger charge is 2.13. The Morgan fingerprint density at radius 2 is 2.12 bits per heavy atom. The first kappa shape index (κ1) is 13.1. The Labute approximate surface area is 103 Å². The molecule has 0 spiro atoms. The van der Waals surface area contributed by atoms with Gasteiger partial charge in [-0.3, -0.25) is 4.79 Å². The van der Waals surface area contributed by atoms with Gasteiger partial charge in [-0.2, -0.15) is 0 Å². The third-order valence-electron chi connectivity index (χ3n) is 2.07. The number of carboxylic acids is 1. The fourth-order valence-electron chi connectivity index (χ4n) is 1.28. The van der Waals surface area contributed by atoms with Gasteiger partial charge >= 0.3 is 5.97 Å². The summed E-state index contributed by atoms with van der Waals surface area (Å²) in [7, 11) is 0. The molecule has 0 atom stereocenters. The maximum absolute atomic E-state index is 11.7. The molecule has 1 aromatic carbocycles. The van der Waals surface area contributed by atoms with Crippen LogP contribution in [0.4, 0.5) is 0 Å². The number of rotatable bonds is 5. The van der Waals surface area contributed by atoms with Crippen molar-refractivity contribution in [3.8, 4) is 0 Å². The molecule has 86 valence electrons. The summed E-state index contributed by atoms with van der Waals surface area (Å²) in [5.74, 6) is -0.782. The van der Waals surface area contributed by atoms with E-state index in [0.717, 1.165) is 0 Å². The molecule has 16 heavy (non-hydrogen) atoms. The van der Waals surface area contributed by atoms with Crippen molar-refractivity contribution in [1.29, 1.82) is 0 Å². The third-order valence-corrected chi connectivity index (χ3v) is 3.04. The van der Waals surface area contributed by atoms with Gasteiger partial charge in [-0.1, -0.05) is 0 Å². The number of carbonyl (C=O) groups is 2. The monoisotopic (exact) mass is 258 g/mol. The highest BCUT2D eigenvalue weighted by molar-refractivity contribution is 7.98. The molecule has 0 aliphatic rings. The van der Waals surface area contributed by atoms with Crippen molar-refractivity contribution < 1.29 is 14.7 Å². The van der Waals surface area contributed by atoms with E-state index in [0.29, 0.717) is 10.5 Å². The minimum absolute atomic E-state index is 0.0590. The van der Waals surface area contributed by atoms with Crippen LogP contribution in [0.5, 0.6) is 0 Å². The molecular weight excluding hydrogens is 248 g/mol. The van der Waals surface area contributed by atoms with Crippen LogP contribution in [0.25, 0.3) is 0 Å². The van der Waals surface area contributed by atoms with Crippen LogP contribution in [0.1, 0.15) is 27.1 Å². The van der Waals surface area contributed by atoms with Gasteiger partial charge in [-0.25, -0.2) is 4.79 Å². The zero-order valence-corrected chi connectivity index (χ0v) is 10.3. The van der Waals surface area contributed by atoms with Crippen molar-refractivity contribution in [3.05, 3.63) is 29.3 Å². The summed E-state index contributed by atoms with van der Waals surface area (Å²) < 4.78 is 0. The second-order valence-corrected chi connectivity index (χ2v) is 4.31. The maximum atomic E-state index is 11.7. The second-order valence-electron chi connectivity index (χ2n) is 3.08. The first-order chi connectivity index (χ1) is 7.60. The standard InChI is InChI=1S/C11H11ClO3S/c1-16-10-6-7(11(14)15)2-3-8(10)9(13)4-5-12/h2-3,6H,4-5H2,1H3,(H,14,15). The van der Waals surface area contributed by atoms with Crippen molar-refractivity contribution in [3.63, 3.8) is 0 Å². The third kappa shape index (κ3) is 3.00. The number of hydrogen-bond donors (Lipinski definition) is 1. The predicted molar refractivity (Wildman–Crippen MR) is 64.8 cm³/mol. The Morgan fingerprint density at radius 1 is 1.44 bits per heavy atom. The molecule has 5 heteroatoms. The van der Waals surface area contributed by atoms with Crippen LogP contribution in [0.15, 0.2) is 23.1 Å². The van der Waals surface area contributed by atoms with E-state index >= 15 is 0 Å². The summed E-state index contributed by atoms with van der Waals surface area (Å²) in [4.78, 5) is 23.1. The van der Waals surface area contributed by atoms with Crippen LogP contribution in [0, 0.1) is 0 Å². The lowest BCUT2D eigenvalue weighted by Crippen LogP contribution is -2.04. The summed E-state index contributed by atoms with van der Waals surface area (Å²) in [5, 5.41) is 8.82. The molecule has 0 aromatic heterocycles. The molecule has 1 aromatic rings. The van der Waals surface area contributed by atoms with Gasteiger partial charge in [0.25, 0.3) is 0 Å². The van der Waals surface area contributed by atoms with Gasteiger partial charge in [-0.05, 0) is 24.5 Å². The first-order valence-electron chi connectivity index (χ1n) is 4.60. The van der Waals surface area contributed by atoms with Crippen molar-refractivity contribution in [2.24, 2.45) is 0 Å². The normalized spacial score (nSPS) is 10.1. The van der Waals surface area contributed by atoms with Gasteiger partial charge in [0, 0.05) is 22.8 Å². The summed E-state index contributed by atoms with van der Waals surface area (Å²) >= 11 is 6.86. The van der Waals surface area contributed by atoms with Crippen LogP contribution < -0.4 is 0 Å². The van der Waals surface area contributed by atoms with E-state index in [-0.39, 0.29) is 23.6 Å². The number of thioether (sulfide) groups is 1. The zero-order valence-electron chi connectivity index (χ0n) is 8.70. The van der Waals surface area contributed by atoms with Gasteiger partial charge in [0.2, 0.25) is 0 Å². The molecule has 1 N–H and O–H groups in total. The van der Waals surface area contributed by atoms with E-state index in [1.807, 2.05) is 0 Å². The fourth-order valence-corrected chi connectivity index (χ4v) is 2.09. The molecular formula is C11H11ClO3S. The van der Waals surface area contributed by atoms with Gasteiger partial charge in [0.15, 0.2) is 5.78 Å². The highest BCUT2D eigenvalue weighted by atomic mass is 35.5. The van der Waals surface area contributed by atoms with E-state index in [9.17, 15) is 9.59 Å². The quantitative estimate of drug-likeness (QED) is 0.501. The molecule has 0 unspecified atom stereocenters. The highest BCUT2D eigenvalue weighted by Crippen LogP contribution is 2.23. The topological polar surface area (TPSA) is 54.4 Å². The van der Waals surface area contributed by atoms with E-state index in [2.05, 4.69) is 0 Å². The van der Waals surface area contributed by atoms with Gasteiger partial charge < -0.3 is 5.11 Å². The van der Waals surface area contributed by atoms with Crippen molar-refractivity contribution in [2.75, 3.05) is 12.1 Å². The van der Waals surface area contributed by atoms with Gasteiger partial charge in [0.05, 0.1) is 5.56 Å². The Balaban J connectivity index is 3.11. The summed E-state index contributed by atoms with van der Waals surface area (Å²) in [6.07, 6.45) is 2.07. The number of carbonyl (C=O) groups excluding carboxylic acids is 1. The number of alkyl halides is 1. The molecule has 0 heterocycles. The Morgan fingerprint density at radius 3 is 2.62 bits per heavy atom. The Hall–Kier alpha value is -1.00. The molecule has 0 bridgehead atoms. The van der Waals surface area contributed by atoms with Crippen LogP contribution in [0.3, 0.4) is 0 Å². The molecule has 0 amide bonds. The summed E-state index contributed by atoms with van der Waals surface area (Å²) in [5.41, 5.74) is 0.727. The van der Waals surface area contributed by atoms with Crippen molar-refractivity contribution in [2.45, 2.75) is 11.3 Å². The number of ketones is 1. The largest absolute Gasteiger partial charge is 0.478 e. The van der Waals surface area contributed by atoms with E-state index in [4.69, 9.17) is 16.7 Å². The van der Waals surface area contributed by atoms with E-state index in [1.54, 1.807) is 12.3 Å². The van der Waals surface area contributed by atoms with Crippen molar-refractivity contribution >= 4 is 35.1 Å². The number of halogens is 1. The number of Topliss-reactive ketones (excluding diaryl/α,β-unsaturated/α-hetero) is 1. The number of carboxylic acid groups (broad SMARTS) is 1. The Bertz CT molecular complexity index is 418. The smallest absolute Gasteiger partial charge is 0.335 e. The molecule has 3 nitrogen and oxygen atoms in total. The van der Waals surface area contributed by atoms with E-state index in [1.165, 1.54) is 23.9 Å². The van der Waals surface area contributed by atoms with Crippen LogP contribution >= 0.6 is 23.4 Å². The molecule has 0 aliphatic carbocycles. The molecule has 0 aliphatic heterocycles. The number of benzene rings is 1. The predicted octanol–water partition coefficient (Wildman–Crippen LogP) is 2.92. The fraction of sp³-hybridized carbons (Fsp3) is 0.273. The number of aromatic carboxylic acids is 1. The lowest BCUT2D eigenvalue weighted by molar-refractivity contribution is 0.0696. The molecule has 0 saturated carbocycles. The number of hydrogen-bond acceptors (Lipinski definition) is 3.